The van der Waals surface area contributed by atoms with Crippen molar-refractivity contribution in [3.8, 4) is 0 Å². The summed E-state index contributed by atoms with van der Waals surface area (Å²) in [5.41, 5.74) is 0. The second-order valence-corrected chi connectivity index (χ2v) is 2.72. The highest BCUT2D eigenvalue weighted by molar-refractivity contribution is 5.78. The highest BCUT2D eigenvalue weighted by Gasteiger charge is 2.25. The van der Waals surface area contributed by atoms with E-state index in [0.29, 0.717) is 6.04 Å². The second kappa shape index (κ2) is 2.86. The Morgan fingerprint density at radius 1 is 1.90 bits per heavy atom. The molecule has 1 aliphatic heterocycles. The first-order valence-electron chi connectivity index (χ1n) is 3.62. The smallest absolute Gasteiger partial charge is 0.222 e. The molecule has 2 nitrogen and oxygen atoms in total. The zero-order valence-corrected chi connectivity index (χ0v) is 6.34. The number of hydrogen-bond acceptors (Lipinski definition) is 1. The minimum absolute atomic E-state index is 0.270. The molecule has 1 atom stereocenters. The highest BCUT2D eigenvalue weighted by atomic mass is 16.2. The van der Waals surface area contributed by atoms with Gasteiger partial charge in [-0.2, -0.15) is 0 Å². The van der Waals surface area contributed by atoms with Crippen LogP contribution in [-0.2, 0) is 4.79 Å². The lowest BCUT2D eigenvalue weighted by Gasteiger charge is -2.17. The fraction of sp³-hybridized carbons (Fsp3) is 0.625. The molecule has 1 amide bonds. The van der Waals surface area contributed by atoms with Gasteiger partial charge < -0.3 is 4.90 Å². The van der Waals surface area contributed by atoms with Gasteiger partial charge in [0.1, 0.15) is 0 Å². The van der Waals surface area contributed by atoms with Gasteiger partial charge >= 0.3 is 0 Å². The van der Waals surface area contributed by atoms with E-state index < -0.39 is 0 Å². The van der Waals surface area contributed by atoms with Crippen LogP contribution in [0.3, 0.4) is 0 Å². The van der Waals surface area contributed by atoms with Crippen LogP contribution < -0.4 is 0 Å². The fourth-order valence-electron chi connectivity index (χ4n) is 1.33. The highest BCUT2D eigenvalue weighted by Crippen LogP contribution is 2.18. The van der Waals surface area contributed by atoms with Gasteiger partial charge in [-0.25, -0.2) is 0 Å². The van der Waals surface area contributed by atoms with Gasteiger partial charge in [0, 0.05) is 19.5 Å². The average molecular weight is 139 g/mol. The molecule has 0 radical (unpaired) electrons. The molecule has 10 heavy (non-hydrogen) atoms. The van der Waals surface area contributed by atoms with Crippen LogP contribution in [0.2, 0.25) is 0 Å². The quantitative estimate of drug-likeness (QED) is 0.526. The van der Waals surface area contributed by atoms with Gasteiger partial charge in [0.15, 0.2) is 0 Å². The maximum Gasteiger partial charge on any atom is 0.222 e. The summed E-state index contributed by atoms with van der Waals surface area (Å²) in [6, 6.07) is 0.421. The molecule has 1 rings (SSSR count). The molecular formula is C8H13NO. The molecule has 0 aliphatic carbocycles. The van der Waals surface area contributed by atoms with Crippen LogP contribution in [0.4, 0.5) is 0 Å². The third kappa shape index (κ3) is 1.20. The molecular weight excluding hydrogens is 126 g/mol. The van der Waals surface area contributed by atoms with Crippen molar-refractivity contribution in [3.63, 3.8) is 0 Å². The van der Waals surface area contributed by atoms with Gasteiger partial charge in [-0.3, -0.25) is 4.79 Å². The normalized spacial score (nSPS) is 25.5. The molecule has 0 aromatic carbocycles. The summed E-state index contributed by atoms with van der Waals surface area (Å²) >= 11 is 0. The van der Waals surface area contributed by atoms with Gasteiger partial charge in [-0.1, -0.05) is 6.08 Å². The molecule has 0 bridgehead atoms. The van der Waals surface area contributed by atoms with Crippen LogP contribution in [0.15, 0.2) is 12.7 Å². The van der Waals surface area contributed by atoms with E-state index in [2.05, 4.69) is 6.58 Å². The number of nitrogens with zero attached hydrogens (tertiary/aromatic N) is 1. The molecule has 1 aliphatic rings. The molecule has 1 fully saturated rings. The Kier molecular flexibility index (Phi) is 2.10. The van der Waals surface area contributed by atoms with Crippen molar-refractivity contribution in [1.29, 1.82) is 0 Å². The van der Waals surface area contributed by atoms with Crippen molar-refractivity contribution in [2.75, 3.05) is 7.05 Å². The van der Waals surface area contributed by atoms with Gasteiger partial charge in [0.05, 0.1) is 0 Å². The molecule has 0 aromatic rings. The van der Waals surface area contributed by atoms with Crippen molar-refractivity contribution in [1.82, 2.24) is 4.90 Å². The lowest BCUT2D eigenvalue weighted by molar-refractivity contribution is -0.127. The predicted octanol–water partition coefficient (Wildman–Crippen LogP) is 1.18. The topological polar surface area (TPSA) is 20.3 Å². The molecule has 1 saturated heterocycles. The van der Waals surface area contributed by atoms with E-state index in [4.69, 9.17) is 0 Å². The largest absolute Gasteiger partial charge is 0.342 e. The summed E-state index contributed by atoms with van der Waals surface area (Å²) in [5.74, 6) is 0.270. The van der Waals surface area contributed by atoms with Gasteiger partial charge in [-0.15, -0.1) is 6.58 Å². The fourth-order valence-corrected chi connectivity index (χ4v) is 1.33. The third-order valence-corrected chi connectivity index (χ3v) is 2.07. The van der Waals surface area contributed by atoms with Crippen molar-refractivity contribution in [2.45, 2.75) is 25.3 Å². The van der Waals surface area contributed by atoms with Crippen LogP contribution in [0.5, 0.6) is 0 Å². The summed E-state index contributed by atoms with van der Waals surface area (Å²) < 4.78 is 0. The molecule has 2 heteroatoms. The molecule has 0 saturated carbocycles. The van der Waals surface area contributed by atoms with Crippen LogP contribution in [0.25, 0.3) is 0 Å². The number of likely N-dealkylation sites (tertiary alicyclic amines) is 1. The monoisotopic (exact) mass is 139 g/mol. The Morgan fingerprint density at radius 3 is 3.00 bits per heavy atom. The Balaban J connectivity index is 2.48. The van der Waals surface area contributed by atoms with Crippen molar-refractivity contribution < 1.29 is 4.79 Å². The molecule has 56 valence electrons. The zero-order valence-electron chi connectivity index (χ0n) is 6.34. The van der Waals surface area contributed by atoms with E-state index in [0.717, 1.165) is 19.3 Å². The third-order valence-electron chi connectivity index (χ3n) is 2.07. The summed E-state index contributed by atoms with van der Waals surface area (Å²) in [6.45, 7) is 3.65. The van der Waals surface area contributed by atoms with Crippen molar-refractivity contribution >= 4 is 5.91 Å². The Labute approximate surface area is 61.5 Å². The van der Waals surface area contributed by atoms with E-state index in [1.165, 1.54) is 0 Å². The van der Waals surface area contributed by atoms with Crippen LogP contribution >= 0.6 is 0 Å². The van der Waals surface area contributed by atoms with Crippen LogP contribution in [-0.4, -0.2) is 23.9 Å². The zero-order chi connectivity index (χ0) is 7.56. The standard InChI is InChI=1S/C8H13NO/c1-3-4-7-5-6-8(10)9(7)2/h3,7H,1,4-6H2,2H3. The van der Waals surface area contributed by atoms with Crippen LogP contribution in [0.1, 0.15) is 19.3 Å². The summed E-state index contributed by atoms with van der Waals surface area (Å²) in [4.78, 5) is 12.8. The molecule has 0 N–H and O–H groups in total. The summed E-state index contributed by atoms with van der Waals surface area (Å²) in [6.07, 6.45) is 4.53. The number of hydrogen-bond donors (Lipinski definition) is 0. The van der Waals surface area contributed by atoms with E-state index in [-0.39, 0.29) is 5.91 Å². The first kappa shape index (κ1) is 7.32. The Morgan fingerprint density at radius 2 is 2.60 bits per heavy atom. The SMILES string of the molecule is C=CCC1CCC(=O)N1C. The molecule has 1 heterocycles. The second-order valence-electron chi connectivity index (χ2n) is 2.72. The van der Waals surface area contributed by atoms with E-state index >= 15 is 0 Å². The van der Waals surface area contributed by atoms with Crippen molar-refractivity contribution in [3.05, 3.63) is 12.7 Å². The summed E-state index contributed by atoms with van der Waals surface area (Å²) in [5, 5.41) is 0. The minimum atomic E-state index is 0.270. The Bertz CT molecular complexity index is 153. The first-order valence-corrected chi connectivity index (χ1v) is 3.62. The lowest BCUT2D eigenvalue weighted by Crippen LogP contribution is -2.27. The lowest BCUT2D eigenvalue weighted by atomic mass is 10.1. The van der Waals surface area contributed by atoms with Gasteiger partial charge in [0.2, 0.25) is 5.91 Å². The maximum absolute atomic E-state index is 11.0. The molecule has 0 aromatic heterocycles. The van der Waals surface area contributed by atoms with Gasteiger partial charge in [-0.05, 0) is 12.8 Å². The maximum atomic E-state index is 11.0. The predicted molar refractivity (Wildman–Crippen MR) is 40.6 cm³/mol. The van der Waals surface area contributed by atoms with E-state index in [1.54, 1.807) is 0 Å². The van der Waals surface area contributed by atoms with E-state index in [1.807, 2.05) is 18.0 Å². The van der Waals surface area contributed by atoms with Crippen molar-refractivity contribution in [2.24, 2.45) is 0 Å². The number of carbonyl (C=O) groups excluding carboxylic acids is 1. The first-order chi connectivity index (χ1) is 4.75. The van der Waals surface area contributed by atoms with E-state index in [9.17, 15) is 4.79 Å². The summed E-state index contributed by atoms with van der Waals surface area (Å²) in [7, 11) is 1.86. The molecule has 0 spiro atoms. The minimum Gasteiger partial charge on any atom is -0.342 e. The van der Waals surface area contributed by atoms with Gasteiger partial charge in [0.25, 0.3) is 0 Å². The number of rotatable bonds is 2. The molecule has 1 unspecified atom stereocenters. The Hall–Kier alpha value is -0.790. The number of carbonyl (C=O) groups is 1. The van der Waals surface area contributed by atoms with Crippen LogP contribution in [0, 0.1) is 0 Å². The average Bonchev–Trinajstić information content (AvgIpc) is 2.20. The number of amides is 1.